The molecule has 0 radical (unpaired) electrons. The van der Waals surface area contributed by atoms with E-state index in [4.69, 9.17) is 21.2 Å². The van der Waals surface area contributed by atoms with Gasteiger partial charge in [-0.3, -0.25) is 0 Å². The molecular formula is C16H44O5Si5. The van der Waals surface area contributed by atoms with Crippen LogP contribution in [-0.4, -0.2) is 56.0 Å². The molecule has 0 aromatic rings. The van der Waals surface area contributed by atoms with Gasteiger partial charge in [0.2, 0.25) is 0 Å². The second-order valence-electron chi connectivity index (χ2n) is 10.0. The van der Waals surface area contributed by atoms with Gasteiger partial charge in [-0.25, -0.2) is 0 Å². The number of hydrogen-bond acceptors (Lipinski definition) is 5. The summed E-state index contributed by atoms with van der Waals surface area (Å²) in [5.41, 5.74) is 0. The molecule has 5 nitrogen and oxygen atoms in total. The molecule has 0 saturated heterocycles. The Balaban J connectivity index is 5.28. The van der Waals surface area contributed by atoms with Gasteiger partial charge in [-0.05, 0) is 90.9 Å². The largest absolute Gasteiger partial charge is 0.437 e. The van der Waals surface area contributed by atoms with Crippen molar-refractivity contribution in [3.63, 3.8) is 0 Å². The molecule has 0 unspecified atom stereocenters. The summed E-state index contributed by atoms with van der Waals surface area (Å²) < 4.78 is 31.5. The third-order valence-electron chi connectivity index (χ3n) is 3.26. The fraction of sp³-hybridized carbons (Fsp3) is 1.00. The van der Waals surface area contributed by atoms with E-state index in [-0.39, 0.29) is 0 Å². The zero-order valence-corrected chi connectivity index (χ0v) is 24.4. The van der Waals surface area contributed by atoms with Crippen LogP contribution < -0.4 is 0 Å². The van der Waals surface area contributed by atoms with E-state index < -0.39 is 42.3 Å². The van der Waals surface area contributed by atoms with Gasteiger partial charge in [-0.15, -0.1) is 0 Å². The molecule has 26 heavy (non-hydrogen) atoms. The van der Waals surface area contributed by atoms with E-state index in [0.717, 1.165) is 25.5 Å². The van der Waals surface area contributed by atoms with E-state index >= 15 is 0 Å². The first-order chi connectivity index (χ1) is 11.4. The molecule has 0 amide bonds. The third kappa shape index (κ3) is 14.0. The average molecular weight is 457 g/mol. The Bertz CT molecular complexity index is 388. The van der Waals surface area contributed by atoms with Crippen molar-refractivity contribution in [3.05, 3.63) is 0 Å². The predicted octanol–water partition coefficient (Wildman–Crippen LogP) is 5.62. The number of ether oxygens (including phenoxy) is 1. The van der Waals surface area contributed by atoms with E-state index in [1.54, 1.807) is 7.11 Å². The summed E-state index contributed by atoms with van der Waals surface area (Å²) >= 11 is 0. The van der Waals surface area contributed by atoms with Crippen molar-refractivity contribution >= 4 is 42.3 Å². The van der Waals surface area contributed by atoms with E-state index in [1.165, 1.54) is 0 Å². The van der Waals surface area contributed by atoms with Crippen LogP contribution in [0.3, 0.4) is 0 Å². The molecule has 0 aromatic carbocycles. The maximum Gasteiger partial charge on any atom is 0.317 e. The summed E-state index contributed by atoms with van der Waals surface area (Å²) in [7, 11) is -8.50. The first-order valence-corrected chi connectivity index (χ1v) is 24.7. The maximum absolute atomic E-state index is 6.73. The van der Waals surface area contributed by atoms with Gasteiger partial charge in [0.05, 0.1) is 0 Å². The number of methoxy groups -OCH3 is 1. The standard InChI is InChI=1S/C16H44O5Si5/c1-17-15-13-14-16-26(12,20-24(8,9)18-22(2,3)4)21-25(10,11)19-23(5,6)7/h13-16H2,1-12H3. The van der Waals surface area contributed by atoms with Crippen LogP contribution >= 0.6 is 0 Å². The molecule has 158 valence electrons. The lowest BCUT2D eigenvalue weighted by atomic mass is 10.4. The van der Waals surface area contributed by atoms with E-state index in [1.807, 2.05) is 0 Å². The minimum absolute atomic E-state index is 0.781. The van der Waals surface area contributed by atoms with Gasteiger partial charge >= 0.3 is 25.7 Å². The molecule has 0 aliphatic carbocycles. The zero-order valence-electron chi connectivity index (χ0n) is 19.4. The van der Waals surface area contributed by atoms with Crippen molar-refractivity contribution in [2.24, 2.45) is 0 Å². The van der Waals surface area contributed by atoms with Crippen molar-refractivity contribution in [2.45, 2.75) is 90.9 Å². The first-order valence-electron chi connectivity index (χ1n) is 9.68. The Morgan fingerprint density at radius 3 is 1.23 bits per heavy atom. The Kier molecular flexibility index (Phi) is 10.4. The SMILES string of the molecule is COCCCC[Si](C)(O[Si](C)(C)O[Si](C)(C)C)O[Si](C)(C)O[Si](C)(C)C. The summed E-state index contributed by atoms with van der Waals surface area (Å²) in [5, 5.41) is 0. The van der Waals surface area contributed by atoms with Crippen molar-refractivity contribution < 1.29 is 21.2 Å². The Labute approximate surface area is 168 Å². The normalized spacial score (nSPS) is 14.8. The van der Waals surface area contributed by atoms with Gasteiger partial charge < -0.3 is 21.2 Å². The molecule has 0 N–H and O–H groups in total. The lowest BCUT2D eigenvalue weighted by molar-refractivity contribution is 0.193. The van der Waals surface area contributed by atoms with E-state index in [9.17, 15) is 0 Å². The topological polar surface area (TPSA) is 46.2 Å². The minimum Gasteiger partial charge on any atom is -0.437 e. The highest BCUT2D eigenvalue weighted by Gasteiger charge is 2.46. The van der Waals surface area contributed by atoms with Gasteiger partial charge in [-0.2, -0.15) is 0 Å². The van der Waals surface area contributed by atoms with Crippen molar-refractivity contribution in [1.29, 1.82) is 0 Å². The van der Waals surface area contributed by atoms with Crippen LogP contribution in [0.5, 0.6) is 0 Å². The average Bonchev–Trinajstić information content (AvgIpc) is 2.26. The van der Waals surface area contributed by atoms with E-state index in [2.05, 4.69) is 72.0 Å². The molecule has 10 heteroatoms. The quantitative estimate of drug-likeness (QED) is 0.265. The Morgan fingerprint density at radius 2 is 0.923 bits per heavy atom. The zero-order chi connectivity index (χ0) is 20.9. The van der Waals surface area contributed by atoms with Gasteiger partial charge in [0.25, 0.3) is 0 Å². The molecule has 0 aliphatic heterocycles. The van der Waals surface area contributed by atoms with E-state index in [0.29, 0.717) is 0 Å². The smallest absolute Gasteiger partial charge is 0.317 e. The molecule has 0 saturated carbocycles. The van der Waals surface area contributed by atoms with Gasteiger partial charge in [0.15, 0.2) is 16.6 Å². The first kappa shape index (κ1) is 26.9. The fourth-order valence-electron chi connectivity index (χ4n) is 3.37. The highest BCUT2D eigenvalue weighted by Crippen LogP contribution is 2.29. The summed E-state index contributed by atoms with van der Waals surface area (Å²) in [5.74, 6) is 0. The van der Waals surface area contributed by atoms with Gasteiger partial charge in [0.1, 0.15) is 0 Å². The predicted molar refractivity (Wildman–Crippen MR) is 124 cm³/mol. The summed E-state index contributed by atoms with van der Waals surface area (Å²) in [6, 6.07) is 0.952. The molecule has 0 fully saturated rings. The molecular weight excluding hydrogens is 413 g/mol. The molecule has 0 rings (SSSR count). The molecule has 0 aliphatic rings. The Morgan fingerprint density at radius 1 is 0.538 bits per heavy atom. The highest BCUT2D eigenvalue weighted by molar-refractivity contribution is 6.90. The highest BCUT2D eigenvalue weighted by atomic mass is 28.5. The van der Waals surface area contributed by atoms with Crippen LogP contribution in [0.2, 0.25) is 78.1 Å². The third-order valence-corrected chi connectivity index (χ3v) is 20.7. The summed E-state index contributed by atoms with van der Waals surface area (Å²) in [4.78, 5) is 0. The molecule has 0 spiro atoms. The van der Waals surface area contributed by atoms with Crippen LogP contribution in [0.1, 0.15) is 12.8 Å². The van der Waals surface area contributed by atoms with Crippen LogP contribution in [0, 0.1) is 0 Å². The van der Waals surface area contributed by atoms with Gasteiger partial charge in [-0.1, -0.05) is 0 Å². The van der Waals surface area contributed by atoms with Crippen molar-refractivity contribution in [1.82, 2.24) is 0 Å². The molecule has 0 aromatic heterocycles. The molecule has 0 bridgehead atoms. The second kappa shape index (κ2) is 10.1. The minimum atomic E-state index is -2.41. The van der Waals surface area contributed by atoms with Crippen molar-refractivity contribution in [3.8, 4) is 0 Å². The Hall–Kier alpha value is 0.884. The summed E-state index contributed by atoms with van der Waals surface area (Å²) in [6.07, 6.45) is 2.07. The van der Waals surface area contributed by atoms with Crippen molar-refractivity contribution in [2.75, 3.05) is 13.7 Å². The van der Waals surface area contributed by atoms with Crippen LogP contribution in [0.4, 0.5) is 0 Å². The molecule has 0 heterocycles. The molecule has 0 atom stereocenters. The number of rotatable bonds is 13. The monoisotopic (exact) mass is 456 g/mol. The lowest BCUT2D eigenvalue weighted by Gasteiger charge is -2.43. The van der Waals surface area contributed by atoms with Crippen LogP contribution in [0.25, 0.3) is 0 Å². The lowest BCUT2D eigenvalue weighted by Crippen LogP contribution is -2.59. The fourth-order valence-corrected chi connectivity index (χ4v) is 26.8. The summed E-state index contributed by atoms with van der Waals surface area (Å²) in [6.45, 7) is 24.9. The van der Waals surface area contributed by atoms with Crippen LogP contribution in [-0.2, 0) is 21.2 Å². The number of hydrogen-bond donors (Lipinski definition) is 0. The number of unbranched alkanes of at least 4 members (excludes halogenated alkanes) is 1. The van der Waals surface area contributed by atoms with Gasteiger partial charge in [0, 0.05) is 13.7 Å². The maximum atomic E-state index is 6.73. The second-order valence-corrected chi connectivity index (χ2v) is 30.1. The van der Waals surface area contributed by atoms with Crippen LogP contribution in [0.15, 0.2) is 0 Å².